The average Bonchev–Trinajstić information content (AvgIpc) is 2.45. The molecule has 0 atom stereocenters. The predicted molar refractivity (Wildman–Crippen MR) is 76.4 cm³/mol. The van der Waals surface area contributed by atoms with E-state index in [0.29, 0.717) is 30.5 Å². The fraction of sp³-hybridized carbons (Fsp3) is 0.267. The van der Waals surface area contributed by atoms with Crippen molar-refractivity contribution >= 4 is 5.95 Å². The number of aryl methyl sites for hydroxylation is 1. The van der Waals surface area contributed by atoms with Crippen molar-refractivity contribution in [2.75, 3.05) is 11.9 Å². The van der Waals surface area contributed by atoms with E-state index in [-0.39, 0.29) is 0 Å². The highest BCUT2D eigenvalue weighted by Crippen LogP contribution is 2.13. The summed E-state index contributed by atoms with van der Waals surface area (Å²) in [5, 5.41) is 12.0. The van der Waals surface area contributed by atoms with Crippen LogP contribution in [0, 0.1) is 18.3 Å². The lowest BCUT2D eigenvalue weighted by molar-refractivity contribution is 0.326. The van der Waals surface area contributed by atoms with Crippen molar-refractivity contribution in [3.05, 3.63) is 47.2 Å². The van der Waals surface area contributed by atoms with Gasteiger partial charge >= 0.3 is 0 Å². The first-order valence-corrected chi connectivity index (χ1v) is 6.42. The van der Waals surface area contributed by atoms with Crippen LogP contribution in [0.1, 0.15) is 23.7 Å². The number of aromatic nitrogens is 2. The molecule has 2 aromatic rings. The lowest BCUT2D eigenvalue weighted by Crippen LogP contribution is -2.06. The second-order valence-electron chi connectivity index (χ2n) is 4.27. The van der Waals surface area contributed by atoms with Gasteiger partial charge in [-0.3, -0.25) is 0 Å². The molecular formula is C15H16N4O. The summed E-state index contributed by atoms with van der Waals surface area (Å²) in [7, 11) is 0. The Kier molecular flexibility index (Phi) is 4.51. The summed E-state index contributed by atoms with van der Waals surface area (Å²) in [5.74, 6) is 1.09. The molecule has 0 aliphatic carbocycles. The van der Waals surface area contributed by atoms with Crippen LogP contribution in [0.2, 0.25) is 0 Å². The quantitative estimate of drug-likeness (QED) is 0.902. The van der Waals surface area contributed by atoms with E-state index in [1.807, 2.05) is 32.0 Å². The van der Waals surface area contributed by atoms with Crippen LogP contribution < -0.4 is 10.1 Å². The van der Waals surface area contributed by atoms with Gasteiger partial charge in [-0.2, -0.15) is 10.2 Å². The summed E-state index contributed by atoms with van der Waals surface area (Å²) in [6, 6.07) is 11.3. The maximum atomic E-state index is 8.87. The van der Waals surface area contributed by atoms with Gasteiger partial charge in [-0.25, -0.2) is 4.98 Å². The van der Waals surface area contributed by atoms with Crippen LogP contribution in [0.4, 0.5) is 5.95 Å². The highest BCUT2D eigenvalue weighted by atomic mass is 16.5. The first-order chi connectivity index (χ1) is 9.71. The van der Waals surface area contributed by atoms with Crippen molar-refractivity contribution in [2.24, 2.45) is 0 Å². The lowest BCUT2D eigenvalue weighted by Gasteiger charge is -2.08. The average molecular weight is 268 g/mol. The van der Waals surface area contributed by atoms with E-state index in [2.05, 4.69) is 21.4 Å². The second-order valence-corrected chi connectivity index (χ2v) is 4.27. The van der Waals surface area contributed by atoms with Crippen LogP contribution in [-0.4, -0.2) is 16.6 Å². The molecular weight excluding hydrogens is 252 g/mol. The molecule has 0 saturated heterocycles. The first kappa shape index (κ1) is 13.8. The fourth-order valence-electron chi connectivity index (χ4n) is 1.77. The summed E-state index contributed by atoms with van der Waals surface area (Å²) in [4.78, 5) is 8.58. The normalized spacial score (nSPS) is 9.85. The maximum absolute atomic E-state index is 8.87. The molecule has 1 N–H and O–H groups in total. The first-order valence-electron chi connectivity index (χ1n) is 6.42. The summed E-state index contributed by atoms with van der Waals surface area (Å²) >= 11 is 0. The third-order valence-electron chi connectivity index (χ3n) is 2.63. The SMILES string of the molecule is CCOc1cc(C)nc(NCc2cccc(C#N)c2)n1. The van der Waals surface area contributed by atoms with Gasteiger partial charge in [-0.15, -0.1) is 0 Å². The summed E-state index contributed by atoms with van der Waals surface area (Å²) < 4.78 is 5.38. The van der Waals surface area contributed by atoms with Gasteiger partial charge in [-0.1, -0.05) is 12.1 Å². The van der Waals surface area contributed by atoms with Crippen LogP contribution in [0.3, 0.4) is 0 Å². The Balaban J connectivity index is 2.08. The molecule has 102 valence electrons. The molecule has 0 unspecified atom stereocenters. The standard InChI is InChI=1S/C15H16N4O/c1-3-20-14-7-11(2)18-15(19-14)17-10-13-6-4-5-12(8-13)9-16/h4-8H,3,10H2,1-2H3,(H,17,18,19). The number of nitrogens with one attached hydrogen (secondary N) is 1. The van der Waals surface area contributed by atoms with Gasteiger partial charge in [0.05, 0.1) is 18.2 Å². The van der Waals surface area contributed by atoms with Gasteiger partial charge in [0.25, 0.3) is 0 Å². The van der Waals surface area contributed by atoms with Gasteiger partial charge in [-0.05, 0) is 31.5 Å². The topological polar surface area (TPSA) is 70.8 Å². The van der Waals surface area contributed by atoms with Crippen LogP contribution in [0.15, 0.2) is 30.3 Å². The van der Waals surface area contributed by atoms with Crippen LogP contribution in [0.5, 0.6) is 5.88 Å². The molecule has 0 aliphatic heterocycles. The van der Waals surface area contributed by atoms with E-state index in [4.69, 9.17) is 10.00 Å². The molecule has 5 heteroatoms. The molecule has 1 aromatic carbocycles. The van der Waals surface area contributed by atoms with Crippen LogP contribution >= 0.6 is 0 Å². The highest BCUT2D eigenvalue weighted by Gasteiger charge is 2.03. The molecule has 20 heavy (non-hydrogen) atoms. The third-order valence-corrected chi connectivity index (χ3v) is 2.63. The van der Waals surface area contributed by atoms with E-state index in [0.717, 1.165) is 11.3 Å². The Labute approximate surface area is 118 Å². The summed E-state index contributed by atoms with van der Waals surface area (Å²) in [5.41, 5.74) is 2.49. The number of anilines is 1. The van der Waals surface area contributed by atoms with Crippen molar-refractivity contribution in [3.63, 3.8) is 0 Å². The van der Waals surface area contributed by atoms with Gasteiger partial charge in [0.1, 0.15) is 0 Å². The van der Waals surface area contributed by atoms with Gasteiger partial charge in [0, 0.05) is 18.3 Å². The van der Waals surface area contributed by atoms with Crippen molar-refractivity contribution in [2.45, 2.75) is 20.4 Å². The molecule has 1 heterocycles. The molecule has 0 aliphatic rings. The smallest absolute Gasteiger partial charge is 0.226 e. The van der Waals surface area contributed by atoms with Crippen LogP contribution in [-0.2, 0) is 6.54 Å². The Hall–Kier alpha value is -2.61. The zero-order chi connectivity index (χ0) is 14.4. The largest absolute Gasteiger partial charge is 0.478 e. The number of ether oxygens (including phenoxy) is 1. The van der Waals surface area contributed by atoms with Crippen molar-refractivity contribution < 1.29 is 4.74 Å². The Morgan fingerprint density at radius 1 is 1.30 bits per heavy atom. The van der Waals surface area contributed by atoms with E-state index < -0.39 is 0 Å². The molecule has 2 rings (SSSR count). The lowest BCUT2D eigenvalue weighted by atomic mass is 10.1. The van der Waals surface area contributed by atoms with Crippen molar-refractivity contribution in [3.8, 4) is 11.9 Å². The number of hydrogen-bond acceptors (Lipinski definition) is 5. The van der Waals surface area contributed by atoms with Gasteiger partial charge < -0.3 is 10.1 Å². The maximum Gasteiger partial charge on any atom is 0.226 e. The highest BCUT2D eigenvalue weighted by molar-refractivity contribution is 5.36. The number of rotatable bonds is 5. The Morgan fingerprint density at radius 3 is 2.90 bits per heavy atom. The molecule has 0 radical (unpaired) electrons. The molecule has 0 spiro atoms. The number of nitrogens with zero attached hydrogens (tertiary/aromatic N) is 3. The zero-order valence-electron chi connectivity index (χ0n) is 11.6. The molecule has 0 amide bonds. The molecule has 0 fully saturated rings. The minimum Gasteiger partial charge on any atom is -0.478 e. The second kappa shape index (κ2) is 6.53. The van der Waals surface area contributed by atoms with Gasteiger partial charge in [0.2, 0.25) is 11.8 Å². The summed E-state index contributed by atoms with van der Waals surface area (Å²) in [6.45, 7) is 4.94. The van der Waals surface area contributed by atoms with E-state index in [1.54, 1.807) is 12.1 Å². The van der Waals surface area contributed by atoms with Crippen molar-refractivity contribution in [1.29, 1.82) is 5.26 Å². The summed E-state index contributed by atoms with van der Waals surface area (Å²) in [6.07, 6.45) is 0. The minimum absolute atomic E-state index is 0.524. The van der Waals surface area contributed by atoms with E-state index in [1.165, 1.54) is 0 Å². The Morgan fingerprint density at radius 2 is 2.15 bits per heavy atom. The molecule has 0 bridgehead atoms. The van der Waals surface area contributed by atoms with Gasteiger partial charge in [0.15, 0.2) is 0 Å². The monoisotopic (exact) mass is 268 g/mol. The van der Waals surface area contributed by atoms with E-state index >= 15 is 0 Å². The zero-order valence-corrected chi connectivity index (χ0v) is 11.6. The number of benzene rings is 1. The predicted octanol–water partition coefficient (Wildman–Crippen LogP) is 2.67. The molecule has 5 nitrogen and oxygen atoms in total. The molecule has 1 aromatic heterocycles. The van der Waals surface area contributed by atoms with Crippen LogP contribution in [0.25, 0.3) is 0 Å². The third kappa shape index (κ3) is 3.69. The number of hydrogen-bond donors (Lipinski definition) is 1. The van der Waals surface area contributed by atoms with E-state index in [9.17, 15) is 0 Å². The van der Waals surface area contributed by atoms with Crippen molar-refractivity contribution in [1.82, 2.24) is 9.97 Å². The minimum atomic E-state index is 0.524. The molecule has 0 saturated carbocycles. The fourth-order valence-corrected chi connectivity index (χ4v) is 1.77. The Bertz CT molecular complexity index is 634. The number of nitriles is 1.